The molecule has 14 heavy (non-hydrogen) atoms. The third-order valence-electron chi connectivity index (χ3n) is 1.43. The highest BCUT2D eigenvalue weighted by Gasteiger charge is 2.20. The lowest BCUT2D eigenvalue weighted by Gasteiger charge is -2.05. The van der Waals surface area contributed by atoms with E-state index in [1.807, 2.05) is 0 Å². The number of aromatic nitrogens is 1. The Morgan fingerprint density at radius 1 is 1.57 bits per heavy atom. The molecule has 0 saturated carbocycles. The van der Waals surface area contributed by atoms with Crippen LogP contribution in [0.4, 0.5) is 13.2 Å². The van der Waals surface area contributed by atoms with Crippen LogP contribution in [-0.2, 0) is 0 Å². The molecule has 0 atom stereocenters. The summed E-state index contributed by atoms with van der Waals surface area (Å²) in [6.45, 7) is 0. The minimum atomic E-state index is -3.00. The lowest BCUT2D eigenvalue weighted by Crippen LogP contribution is -2.14. The van der Waals surface area contributed by atoms with Crippen LogP contribution in [0.25, 0.3) is 0 Å². The first-order valence-electron chi connectivity index (χ1n) is 3.37. The quantitative estimate of drug-likeness (QED) is 0.835. The molecule has 0 bridgehead atoms. The van der Waals surface area contributed by atoms with Crippen LogP contribution in [0.2, 0.25) is 0 Å². The van der Waals surface area contributed by atoms with Crippen LogP contribution in [-0.4, -0.2) is 10.9 Å². The van der Waals surface area contributed by atoms with Gasteiger partial charge in [-0.05, 0) is 15.9 Å². The van der Waals surface area contributed by atoms with Gasteiger partial charge in [-0.3, -0.25) is 4.79 Å². The smallest absolute Gasteiger partial charge is 0.269 e. The molecule has 7 heteroatoms. The normalized spacial score (nSPS) is 10.6. The first-order valence-corrected chi connectivity index (χ1v) is 4.16. The number of rotatable bonds is 2. The van der Waals surface area contributed by atoms with Gasteiger partial charge in [0.25, 0.3) is 12.3 Å². The van der Waals surface area contributed by atoms with Gasteiger partial charge in [-0.25, -0.2) is 18.2 Å². The molecule has 3 nitrogen and oxygen atoms in total. The Morgan fingerprint density at radius 3 is 2.50 bits per heavy atom. The maximum Gasteiger partial charge on any atom is 0.269 e. The van der Waals surface area contributed by atoms with E-state index in [4.69, 9.17) is 5.73 Å². The second-order valence-electron chi connectivity index (χ2n) is 2.36. The van der Waals surface area contributed by atoms with Crippen LogP contribution >= 0.6 is 15.9 Å². The van der Waals surface area contributed by atoms with Crippen molar-refractivity contribution in [3.05, 3.63) is 27.7 Å². The third kappa shape index (κ3) is 2.03. The van der Waals surface area contributed by atoms with Gasteiger partial charge in [0.15, 0.2) is 0 Å². The van der Waals surface area contributed by atoms with E-state index >= 15 is 0 Å². The van der Waals surface area contributed by atoms with E-state index in [-0.39, 0.29) is 0 Å². The number of pyridine rings is 1. The number of carbonyl (C=O) groups is 1. The largest absolute Gasteiger partial charge is 0.364 e. The van der Waals surface area contributed by atoms with Gasteiger partial charge in [0, 0.05) is 6.07 Å². The van der Waals surface area contributed by atoms with Crippen molar-refractivity contribution in [1.29, 1.82) is 0 Å². The van der Waals surface area contributed by atoms with E-state index in [0.29, 0.717) is 6.07 Å². The molecule has 0 unspecified atom stereocenters. The highest BCUT2D eigenvalue weighted by Crippen LogP contribution is 2.28. The van der Waals surface area contributed by atoms with Crippen molar-refractivity contribution >= 4 is 21.8 Å². The lowest BCUT2D eigenvalue weighted by atomic mass is 10.2. The molecule has 0 aliphatic carbocycles. The summed E-state index contributed by atoms with van der Waals surface area (Å²) in [6, 6.07) is 0.578. The minimum absolute atomic E-state index is 0.404. The summed E-state index contributed by atoms with van der Waals surface area (Å²) in [7, 11) is 0. The maximum absolute atomic E-state index is 13.0. The van der Waals surface area contributed by atoms with E-state index in [1.165, 1.54) is 0 Å². The van der Waals surface area contributed by atoms with Crippen LogP contribution in [0.1, 0.15) is 22.5 Å². The zero-order valence-electron chi connectivity index (χ0n) is 6.60. The van der Waals surface area contributed by atoms with Gasteiger partial charge in [-0.15, -0.1) is 0 Å². The Bertz CT molecular complexity index is 360. The summed E-state index contributed by atoms with van der Waals surface area (Å²) in [5, 5.41) is 0. The predicted molar refractivity (Wildman–Crippen MR) is 45.4 cm³/mol. The highest BCUT2D eigenvalue weighted by atomic mass is 79.9. The fraction of sp³-hybridized carbons (Fsp3) is 0.143. The Hall–Kier alpha value is -1.11. The SMILES string of the molecule is NC(=O)c1cc(F)c(C(F)F)c(Br)n1. The van der Waals surface area contributed by atoms with E-state index < -0.39 is 34.0 Å². The van der Waals surface area contributed by atoms with Crippen LogP contribution in [0, 0.1) is 5.82 Å². The minimum Gasteiger partial charge on any atom is -0.364 e. The summed E-state index contributed by atoms with van der Waals surface area (Å²) in [6.07, 6.45) is -3.00. The van der Waals surface area contributed by atoms with Crippen molar-refractivity contribution in [2.75, 3.05) is 0 Å². The predicted octanol–water partition coefficient (Wildman–Crippen LogP) is 2.02. The summed E-state index contributed by atoms with van der Waals surface area (Å²) in [4.78, 5) is 13.9. The Labute approximate surface area is 85.2 Å². The zero-order valence-corrected chi connectivity index (χ0v) is 8.19. The number of nitrogens with zero attached hydrogens (tertiary/aromatic N) is 1. The standard InChI is InChI=1S/C7H4BrF3N2O/c8-5-4(6(10)11)2(9)1-3(13-5)7(12)14/h1,6H,(H2,12,14). The summed E-state index contributed by atoms with van der Waals surface area (Å²) in [5.74, 6) is -2.19. The summed E-state index contributed by atoms with van der Waals surface area (Å²) < 4.78 is 36.9. The number of nitrogens with two attached hydrogens (primary N) is 1. The van der Waals surface area contributed by atoms with E-state index in [2.05, 4.69) is 20.9 Å². The fourth-order valence-electron chi connectivity index (χ4n) is 0.815. The van der Waals surface area contributed by atoms with Gasteiger partial charge in [0.2, 0.25) is 0 Å². The van der Waals surface area contributed by atoms with Gasteiger partial charge in [-0.2, -0.15) is 0 Å². The number of hydrogen-bond acceptors (Lipinski definition) is 2. The molecule has 1 amide bonds. The number of halogens is 4. The zero-order chi connectivity index (χ0) is 10.9. The Kier molecular flexibility index (Phi) is 3.10. The molecule has 1 aromatic heterocycles. The van der Waals surface area contributed by atoms with E-state index in [9.17, 15) is 18.0 Å². The number of alkyl halides is 2. The Morgan fingerprint density at radius 2 is 2.14 bits per heavy atom. The van der Waals surface area contributed by atoms with Crippen molar-refractivity contribution < 1.29 is 18.0 Å². The van der Waals surface area contributed by atoms with Crippen LogP contribution < -0.4 is 5.73 Å². The van der Waals surface area contributed by atoms with Gasteiger partial charge in [-0.1, -0.05) is 0 Å². The first kappa shape index (κ1) is 11.0. The third-order valence-corrected chi connectivity index (χ3v) is 2.04. The second kappa shape index (κ2) is 3.95. The topological polar surface area (TPSA) is 56.0 Å². The summed E-state index contributed by atoms with van der Waals surface area (Å²) >= 11 is 2.63. The van der Waals surface area contributed by atoms with E-state index in [1.54, 1.807) is 0 Å². The average molecular weight is 269 g/mol. The molecule has 0 aliphatic heterocycles. The lowest BCUT2D eigenvalue weighted by molar-refractivity contribution is 0.0993. The highest BCUT2D eigenvalue weighted by molar-refractivity contribution is 9.10. The van der Waals surface area contributed by atoms with Crippen LogP contribution in [0.3, 0.4) is 0 Å². The number of hydrogen-bond donors (Lipinski definition) is 1. The van der Waals surface area contributed by atoms with E-state index in [0.717, 1.165) is 0 Å². The Balaban J connectivity index is 3.32. The molecule has 0 fully saturated rings. The van der Waals surface area contributed by atoms with Crippen LogP contribution in [0.5, 0.6) is 0 Å². The number of amides is 1. The molecule has 76 valence electrons. The van der Waals surface area contributed by atoms with Crippen molar-refractivity contribution in [3.63, 3.8) is 0 Å². The first-order chi connectivity index (χ1) is 6.43. The molecule has 1 heterocycles. The average Bonchev–Trinajstić information content (AvgIpc) is 2.01. The fourth-order valence-corrected chi connectivity index (χ4v) is 1.37. The molecule has 0 spiro atoms. The molecule has 1 aromatic rings. The molecule has 2 N–H and O–H groups in total. The summed E-state index contributed by atoms with van der Waals surface area (Å²) in [5.41, 5.74) is 3.52. The van der Waals surface area contributed by atoms with Gasteiger partial charge in [0.1, 0.15) is 16.1 Å². The molecular weight excluding hydrogens is 265 g/mol. The monoisotopic (exact) mass is 268 g/mol. The number of primary amides is 1. The van der Waals surface area contributed by atoms with Gasteiger partial charge in [0.05, 0.1) is 5.56 Å². The van der Waals surface area contributed by atoms with Crippen molar-refractivity contribution in [2.45, 2.75) is 6.43 Å². The molecule has 0 aromatic carbocycles. The van der Waals surface area contributed by atoms with Crippen LogP contribution in [0.15, 0.2) is 10.7 Å². The van der Waals surface area contributed by atoms with Crippen molar-refractivity contribution in [1.82, 2.24) is 4.98 Å². The molecule has 1 rings (SSSR count). The number of carbonyl (C=O) groups excluding carboxylic acids is 1. The van der Waals surface area contributed by atoms with Gasteiger partial charge < -0.3 is 5.73 Å². The van der Waals surface area contributed by atoms with Gasteiger partial charge >= 0.3 is 0 Å². The maximum atomic E-state index is 13.0. The molecule has 0 radical (unpaired) electrons. The second-order valence-corrected chi connectivity index (χ2v) is 3.11. The molecular formula is C7H4BrF3N2O. The van der Waals surface area contributed by atoms with Crippen molar-refractivity contribution in [2.24, 2.45) is 5.73 Å². The van der Waals surface area contributed by atoms with Crippen molar-refractivity contribution in [3.8, 4) is 0 Å². The molecule has 0 aliphatic rings. The molecule has 0 saturated heterocycles.